The highest BCUT2D eigenvalue weighted by atomic mass is 16.5. The van der Waals surface area contributed by atoms with Gasteiger partial charge in [0, 0.05) is 37.1 Å². The molecule has 6 rings (SSSR count). The molecule has 2 aliphatic heterocycles. The Morgan fingerprint density at radius 2 is 1.71 bits per heavy atom. The molecule has 10 heteroatoms. The first-order valence-corrected chi connectivity index (χ1v) is 14.5. The van der Waals surface area contributed by atoms with Crippen LogP contribution in [0.25, 0.3) is 21.8 Å². The molecule has 2 fully saturated rings. The number of carbonyl (C=O) groups is 3. The minimum Gasteiger partial charge on any atom is -0.493 e. The molecular formula is C32H35N5O5. The second-order valence-electron chi connectivity index (χ2n) is 11.1. The first-order valence-electron chi connectivity index (χ1n) is 14.5. The minimum atomic E-state index is -0.396. The fourth-order valence-electron chi connectivity index (χ4n) is 6.41. The molecule has 0 unspecified atom stereocenters. The fourth-order valence-corrected chi connectivity index (χ4v) is 6.41. The number of para-hydroxylation sites is 1. The normalized spacial score (nSPS) is 17.6. The van der Waals surface area contributed by atoms with E-state index in [-0.39, 0.29) is 53.1 Å². The van der Waals surface area contributed by atoms with Crippen molar-refractivity contribution in [3.63, 3.8) is 0 Å². The number of hydrogen-bond acceptors (Lipinski definition) is 6. The lowest BCUT2D eigenvalue weighted by Crippen LogP contribution is -2.50. The van der Waals surface area contributed by atoms with Crippen LogP contribution in [0.3, 0.4) is 0 Å². The number of methoxy groups -OCH3 is 1. The van der Waals surface area contributed by atoms with Gasteiger partial charge in [-0.2, -0.15) is 0 Å². The summed E-state index contributed by atoms with van der Waals surface area (Å²) in [6.07, 6.45) is 3.17. The molecule has 42 heavy (non-hydrogen) atoms. The summed E-state index contributed by atoms with van der Waals surface area (Å²) < 4.78 is 8.90. The number of fused-ring (bicyclic) bond motifs is 3. The van der Waals surface area contributed by atoms with Crippen LogP contribution in [-0.4, -0.2) is 70.5 Å². The van der Waals surface area contributed by atoms with E-state index in [1.54, 1.807) is 35.9 Å². The van der Waals surface area contributed by atoms with Crippen LogP contribution in [0, 0.1) is 0 Å². The maximum Gasteiger partial charge on any atom is 0.272 e. The maximum absolute atomic E-state index is 14.0. The van der Waals surface area contributed by atoms with E-state index in [1.807, 2.05) is 35.2 Å². The van der Waals surface area contributed by atoms with Gasteiger partial charge in [0.15, 0.2) is 17.2 Å². The van der Waals surface area contributed by atoms with Crippen LogP contribution in [0.15, 0.2) is 59.4 Å². The number of amides is 2. The number of pyridine rings is 1. The average molecular weight is 570 g/mol. The van der Waals surface area contributed by atoms with E-state index in [1.165, 1.54) is 11.7 Å². The second kappa shape index (κ2) is 11.4. The summed E-state index contributed by atoms with van der Waals surface area (Å²) in [6.45, 7) is 1.89. The standard InChI is InChI=1S/C32H35N5O5/c1-35-27-22-11-6-7-13-24(22)37(19-25(38)20-9-4-3-5-10-20)32(41)26(27)29(42-2)28(35)30(39)34-21-14-17-36(18-15-21)31(40)23-12-8-16-33-23/h3-7,9-11,13,21,23,33H,8,12,14-19H2,1-2H3,(H,34,39)/t23-/m0/s1. The van der Waals surface area contributed by atoms with E-state index in [0.29, 0.717) is 42.5 Å². The zero-order valence-electron chi connectivity index (χ0n) is 23.9. The Morgan fingerprint density at radius 3 is 2.40 bits per heavy atom. The average Bonchev–Trinajstić information content (AvgIpc) is 3.66. The molecular weight excluding hydrogens is 534 g/mol. The highest BCUT2D eigenvalue weighted by Crippen LogP contribution is 2.35. The fraction of sp³-hybridized carbons (Fsp3) is 0.375. The van der Waals surface area contributed by atoms with E-state index in [0.717, 1.165) is 24.8 Å². The van der Waals surface area contributed by atoms with Crippen molar-refractivity contribution in [2.75, 3.05) is 26.7 Å². The number of benzene rings is 2. The Kier molecular flexibility index (Phi) is 7.55. The Labute approximate surface area is 243 Å². The summed E-state index contributed by atoms with van der Waals surface area (Å²) in [5, 5.41) is 7.38. The number of ketones is 1. The third-order valence-electron chi connectivity index (χ3n) is 8.58. The summed E-state index contributed by atoms with van der Waals surface area (Å²) in [5.41, 5.74) is 1.54. The van der Waals surface area contributed by atoms with Crippen molar-refractivity contribution >= 4 is 39.4 Å². The third kappa shape index (κ3) is 4.85. The van der Waals surface area contributed by atoms with E-state index in [4.69, 9.17) is 4.74 Å². The zero-order chi connectivity index (χ0) is 29.4. The zero-order valence-corrected chi connectivity index (χ0v) is 23.9. The highest BCUT2D eigenvalue weighted by molar-refractivity contribution is 6.12. The van der Waals surface area contributed by atoms with Gasteiger partial charge in [-0.1, -0.05) is 48.5 Å². The second-order valence-corrected chi connectivity index (χ2v) is 11.1. The number of aromatic nitrogens is 2. The third-order valence-corrected chi connectivity index (χ3v) is 8.58. The van der Waals surface area contributed by atoms with Crippen molar-refractivity contribution in [3.8, 4) is 5.75 Å². The van der Waals surface area contributed by atoms with Crippen molar-refractivity contribution in [1.82, 2.24) is 24.7 Å². The number of aryl methyl sites for hydroxylation is 1. The number of rotatable bonds is 7. The summed E-state index contributed by atoms with van der Waals surface area (Å²) >= 11 is 0. The number of piperidine rings is 1. The van der Waals surface area contributed by atoms with Gasteiger partial charge in [-0.25, -0.2) is 0 Å². The molecule has 0 spiro atoms. The SMILES string of the molecule is COc1c(C(=O)NC2CCN(C(=O)[C@@H]3CCCN3)CC2)n(C)c2c1c(=O)n(CC(=O)c1ccccc1)c1ccccc21. The van der Waals surface area contributed by atoms with Crippen molar-refractivity contribution in [2.24, 2.45) is 7.05 Å². The van der Waals surface area contributed by atoms with Gasteiger partial charge < -0.3 is 24.8 Å². The number of likely N-dealkylation sites (tertiary alicyclic amines) is 1. The molecule has 1 atom stereocenters. The van der Waals surface area contributed by atoms with Gasteiger partial charge in [0.1, 0.15) is 5.39 Å². The monoisotopic (exact) mass is 569 g/mol. The molecule has 218 valence electrons. The molecule has 0 radical (unpaired) electrons. The molecule has 2 aliphatic rings. The Morgan fingerprint density at radius 1 is 1.00 bits per heavy atom. The number of Topliss-reactive ketones (excluding diaryl/α,β-unsaturated/α-hetero) is 1. The summed E-state index contributed by atoms with van der Waals surface area (Å²) in [4.78, 5) is 55.6. The van der Waals surface area contributed by atoms with Gasteiger partial charge in [-0.05, 0) is 38.3 Å². The van der Waals surface area contributed by atoms with Gasteiger partial charge >= 0.3 is 0 Å². The van der Waals surface area contributed by atoms with E-state index >= 15 is 0 Å². The Bertz CT molecular complexity index is 1730. The number of hydrogen-bond donors (Lipinski definition) is 2. The largest absolute Gasteiger partial charge is 0.493 e. The van der Waals surface area contributed by atoms with Crippen LogP contribution in [0.1, 0.15) is 46.5 Å². The molecule has 2 amide bonds. The molecule has 2 aromatic heterocycles. The van der Waals surface area contributed by atoms with Crippen LogP contribution in [0.2, 0.25) is 0 Å². The molecule has 0 saturated carbocycles. The summed E-state index contributed by atoms with van der Waals surface area (Å²) in [7, 11) is 3.20. The maximum atomic E-state index is 14.0. The van der Waals surface area contributed by atoms with Crippen LogP contribution < -0.4 is 20.9 Å². The molecule has 4 heterocycles. The lowest BCUT2D eigenvalue weighted by atomic mass is 10.0. The smallest absolute Gasteiger partial charge is 0.272 e. The minimum absolute atomic E-state index is 0.0990. The van der Waals surface area contributed by atoms with Gasteiger partial charge in [0.2, 0.25) is 5.91 Å². The van der Waals surface area contributed by atoms with Gasteiger partial charge in [0.05, 0.1) is 30.7 Å². The molecule has 2 saturated heterocycles. The molecule has 10 nitrogen and oxygen atoms in total. The summed E-state index contributed by atoms with van der Waals surface area (Å²) in [5.74, 6) is -0.213. The number of ether oxygens (including phenoxy) is 1. The van der Waals surface area contributed by atoms with E-state index in [2.05, 4.69) is 10.6 Å². The summed E-state index contributed by atoms with van der Waals surface area (Å²) in [6, 6.07) is 16.0. The van der Waals surface area contributed by atoms with Crippen LogP contribution >= 0.6 is 0 Å². The van der Waals surface area contributed by atoms with Crippen molar-refractivity contribution in [2.45, 2.75) is 44.3 Å². The van der Waals surface area contributed by atoms with Crippen molar-refractivity contribution in [1.29, 1.82) is 0 Å². The number of nitrogens with one attached hydrogen (secondary N) is 2. The van der Waals surface area contributed by atoms with Crippen LogP contribution in [0.5, 0.6) is 5.75 Å². The van der Waals surface area contributed by atoms with Gasteiger partial charge in [-0.15, -0.1) is 0 Å². The predicted octanol–water partition coefficient (Wildman–Crippen LogP) is 2.86. The number of nitrogens with zero attached hydrogens (tertiary/aromatic N) is 3. The molecule has 2 aromatic carbocycles. The van der Waals surface area contributed by atoms with Gasteiger partial charge in [0.25, 0.3) is 11.5 Å². The van der Waals surface area contributed by atoms with E-state index in [9.17, 15) is 19.2 Å². The molecule has 0 aliphatic carbocycles. The lowest BCUT2D eigenvalue weighted by molar-refractivity contribution is -0.134. The van der Waals surface area contributed by atoms with Gasteiger partial charge in [-0.3, -0.25) is 23.7 Å². The molecule has 2 N–H and O–H groups in total. The quantitative estimate of drug-likeness (QED) is 0.331. The van der Waals surface area contributed by atoms with Crippen molar-refractivity contribution in [3.05, 3.63) is 76.2 Å². The first kappa shape index (κ1) is 27.7. The first-order chi connectivity index (χ1) is 20.4. The highest BCUT2D eigenvalue weighted by Gasteiger charge is 2.32. The molecule has 4 aromatic rings. The lowest BCUT2D eigenvalue weighted by Gasteiger charge is -2.34. The topological polar surface area (TPSA) is 115 Å². The van der Waals surface area contributed by atoms with Crippen LogP contribution in [-0.2, 0) is 18.4 Å². The van der Waals surface area contributed by atoms with Crippen molar-refractivity contribution < 1.29 is 19.1 Å². The predicted molar refractivity (Wildman–Crippen MR) is 160 cm³/mol. The number of carbonyl (C=O) groups excluding carboxylic acids is 3. The van der Waals surface area contributed by atoms with E-state index < -0.39 is 5.56 Å². The Hall–Kier alpha value is -4.44. The Balaban J connectivity index is 1.32. The molecule has 0 bridgehead atoms. The van der Waals surface area contributed by atoms with Crippen LogP contribution in [0.4, 0.5) is 0 Å².